The minimum atomic E-state index is -0.473. The molecule has 5 nitrogen and oxygen atoms in total. The molecule has 1 amide bonds. The van der Waals surface area contributed by atoms with E-state index in [4.69, 9.17) is 4.74 Å². The molecule has 2 N–H and O–H groups in total. The first kappa shape index (κ1) is 18.1. The topological polar surface area (TPSA) is 53.6 Å². The highest BCUT2D eigenvalue weighted by Gasteiger charge is 2.16. The third-order valence-electron chi connectivity index (χ3n) is 3.08. The van der Waals surface area contributed by atoms with Crippen LogP contribution in [0.3, 0.4) is 0 Å². The van der Waals surface area contributed by atoms with Gasteiger partial charge in [0, 0.05) is 38.1 Å². The molecule has 0 fully saturated rings. The number of carbonyl (C=O) groups is 1. The molecule has 0 aliphatic rings. The zero-order valence-corrected chi connectivity index (χ0v) is 14.8. The van der Waals surface area contributed by atoms with Crippen LogP contribution in [0, 0.1) is 6.92 Å². The number of anilines is 2. The van der Waals surface area contributed by atoms with Crippen molar-refractivity contribution in [1.82, 2.24) is 5.32 Å². The summed E-state index contributed by atoms with van der Waals surface area (Å²) in [7, 11) is 4.05. The number of alkyl carbamates (subject to hydrolysis) is 1. The number of carbonyl (C=O) groups excluding carboxylic acids is 1. The molecule has 1 aromatic rings. The van der Waals surface area contributed by atoms with Gasteiger partial charge in [0.1, 0.15) is 5.60 Å². The van der Waals surface area contributed by atoms with Gasteiger partial charge in [0.2, 0.25) is 0 Å². The van der Waals surface area contributed by atoms with E-state index in [9.17, 15) is 4.79 Å². The van der Waals surface area contributed by atoms with Crippen LogP contribution in [-0.4, -0.2) is 38.4 Å². The molecule has 22 heavy (non-hydrogen) atoms. The number of amides is 1. The summed E-state index contributed by atoms with van der Waals surface area (Å²) in [6.07, 6.45) is -0.388. The van der Waals surface area contributed by atoms with Crippen molar-refractivity contribution in [3.8, 4) is 0 Å². The average Bonchev–Trinajstić information content (AvgIpc) is 2.36. The number of hydrogen-bond acceptors (Lipinski definition) is 4. The largest absolute Gasteiger partial charge is 0.444 e. The lowest BCUT2D eigenvalue weighted by atomic mass is 10.1. The molecule has 0 heterocycles. The first-order chi connectivity index (χ1) is 10.1. The average molecular weight is 307 g/mol. The molecule has 1 rings (SSSR count). The summed E-state index contributed by atoms with van der Waals surface area (Å²) < 4.78 is 5.22. The van der Waals surface area contributed by atoms with Crippen LogP contribution in [0.4, 0.5) is 16.2 Å². The zero-order chi connectivity index (χ0) is 16.9. The number of benzene rings is 1. The standard InChI is InChI=1S/C17H29N3O2/c1-12-10-14(20(6)7)8-9-15(12)19-13(2)11-18-16(21)22-17(3,4)5/h8-10,13,19H,11H2,1-7H3,(H,18,21). The van der Waals surface area contributed by atoms with Crippen molar-refractivity contribution in [2.75, 3.05) is 30.9 Å². The van der Waals surface area contributed by atoms with Gasteiger partial charge in [0.05, 0.1) is 0 Å². The van der Waals surface area contributed by atoms with Gasteiger partial charge >= 0.3 is 6.09 Å². The Morgan fingerprint density at radius 3 is 2.45 bits per heavy atom. The van der Waals surface area contributed by atoms with Crippen LogP contribution in [-0.2, 0) is 4.74 Å². The number of nitrogens with one attached hydrogen (secondary N) is 2. The van der Waals surface area contributed by atoms with E-state index in [-0.39, 0.29) is 12.1 Å². The summed E-state index contributed by atoms with van der Waals surface area (Å²) in [5, 5.41) is 6.18. The molecule has 1 aromatic carbocycles. The fraction of sp³-hybridized carbons (Fsp3) is 0.588. The fourth-order valence-corrected chi connectivity index (χ4v) is 1.96. The minimum absolute atomic E-state index is 0.108. The second kappa shape index (κ2) is 7.38. The predicted molar refractivity (Wildman–Crippen MR) is 92.8 cm³/mol. The number of rotatable bonds is 5. The summed E-state index contributed by atoms with van der Waals surface area (Å²) >= 11 is 0. The molecular weight excluding hydrogens is 278 g/mol. The highest BCUT2D eigenvalue weighted by atomic mass is 16.6. The Bertz CT molecular complexity index is 507. The maximum absolute atomic E-state index is 11.6. The van der Waals surface area contributed by atoms with Crippen LogP contribution in [0.15, 0.2) is 18.2 Å². The second-order valence-corrected chi connectivity index (χ2v) is 6.82. The molecule has 1 atom stereocenters. The molecule has 1 unspecified atom stereocenters. The second-order valence-electron chi connectivity index (χ2n) is 6.82. The highest BCUT2D eigenvalue weighted by Crippen LogP contribution is 2.21. The summed E-state index contributed by atoms with van der Waals surface area (Å²) in [6, 6.07) is 6.38. The van der Waals surface area contributed by atoms with E-state index >= 15 is 0 Å². The maximum Gasteiger partial charge on any atom is 0.407 e. The molecule has 5 heteroatoms. The van der Waals surface area contributed by atoms with Gasteiger partial charge < -0.3 is 20.3 Å². The number of aryl methyl sites for hydroxylation is 1. The van der Waals surface area contributed by atoms with Gasteiger partial charge in [-0.2, -0.15) is 0 Å². The van der Waals surface area contributed by atoms with Gasteiger partial charge in [-0.15, -0.1) is 0 Å². The minimum Gasteiger partial charge on any atom is -0.444 e. The van der Waals surface area contributed by atoms with Crippen molar-refractivity contribution < 1.29 is 9.53 Å². The highest BCUT2D eigenvalue weighted by molar-refractivity contribution is 5.68. The molecule has 0 bridgehead atoms. The van der Waals surface area contributed by atoms with E-state index in [1.807, 2.05) is 41.8 Å². The van der Waals surface area contributed by atoms with Crippen molar-refractivity contribution in [3.63, 3.8) is 0 Å². The molecule has 124 valence electrons. The van der Waals surface area contributed by atoms with Gasteiger partial charge in [-0.1, -0.05) is 0 Å². The van der Waals surface area contributed by atoms with Crippen LogP contribution in [0.25, 0.3) is 0 Å². The van der Waals surface area contributed by atoms with Crippen LogP contribution < -0.4 is 15.5 Å². The van der Waals surface area contributed by atoms with E-state index in [2.05, 4.69) is 40.7 Å². The van der Waals surface area contributed by atoms with Crippen LogP contribution in [0.5, 0.6) is 0 Å². The number of hydrogen-bond donors (Lipinski definition) is 2. The third-order valence-corrected chi connectivity index (χ3v) is 3.08. The lowest BCUT2D eigenvalue weighted by Crippen LogP contribution is -2.38. The Labute approximate surface area is 134 Å². The van der Waals surface area contributed by atoms with Crippen LogP contribution in [0.2, 0.25) is 0 Å². The molecule has 0 saturated carbocycles. The third kappa shape index (κ3) is 6.24. The SMILES string of the molecule is Cc1cc(N(C)C)ccc1NC(C)CNC(=O)OC(C)(C)C. The Balaban J connectivity index is 2.52. The lowest BCUT2D eigenvalue weighted by Gasteiger charge is -2.22. The van der Waals surface area contributed by atoms with Crippen LogP contribution >= 0.6 is 0 Å². The number of nitrogens with zero attached hydrogens (tertiary/aromatic N) is 1. The predicted octanol–water partition coefficient (Wildman–Crippen LogP) is 3.39. The summed E-state index contributed by atoms with van der Waals surface area (Å²) in [4.78, 5) is 13.7. The molecule has 0 spiro atoms. The Kier molecular flexibility index (Phi) is 6.09. The van der Waals surface area contributed by atoms with Crippen LogP contribution in [0.1, 0.15) is 33.3 Å². The van der Waals surface area contributed by atoms with Crippen molar-refractivity contribution in [3.05, 3.63) is 23.8 Å². The monoisotopic (exact) mass is 307 g/mol. The van der Waals surface area contributed by atoms with E-state index < -0.39 is 5.60 Å². The normalized spacial score (nSPS) is 12.5. The Morgan fingerprint density at radius 1 is 1.32 bits per heavy atom. The van der Waals surface area contributed by atoms with E-state index in [0.717, 1.165) is 5.69 Å². The van der Waals surface area contributed by atoms with E-state index in [1.54, 1.807) is 0 Å². The molecule has 0 saturated heterocycles. The van der Waals surface area contributed by atoms with Crippen molar-refractivity contribution in [1.29, 1.82) is 0 Å². The molecular formula is C17H29N3O2. The first-order valence-electron chi connectivity index (χ1n) is 7.60. The lowest BCUT2D eigenvalue weighted by molar-refractivity contribution is 0.0526. The maximum atomic E-state index is 11.6. The molecule has 0 radical (unpaired) electrons. The summed E-state index contributed by atoms with van der Waals surface area (Å²) in [5.41, 5.74) is 2.95. The Hall–Kier alpha value is -1.91. The van der Waals surface area contributed by atoms with E-state index in [1.165, 1.54) is 11.3 Å². The number of ether oxygens (including phenoxy) is 1. The van der Waals surface area contributed by atoms with Crippen molar-refractivity contribution >= 4 is 17.5 Å². The fourth-order valence-electron chi connectivity index (χ4n) is 1.96. The Morgan fingerprint density at radius 2 is 1.95 bits per heavy atom. The summed E-state index contributed by atoms with van der Waals surface area (Å²) in [5.74, 6) is 0. The quantitative estimate of drug-likeness (QED) is 0.875. The van der Waals surface area contributed by atoms with Gasteiger partial charge in [0.15, 0.2) is 0 Å². The molecule has 0 aromatic heterocycles. The van der Waals surface area contributed by atoms with Gasteiger partial charge in [-0.05, 0) is 58.4 Å². The summed E-state index contributed by atoms with van der Waals surface area (Å²) in [6.45, 7) is 10.2. The molecule has 0 aliphatic heterocycles. The molecule has 0 aliphatic carbocycles. The van der Waals surface area contributed by atoms with Gasteiger partial charge in [-0.3, -0.25) is 0 Å². The first-order valence-corrected chi connectivity index (χ1v) is 7.60. The zero-order valence-electron chi connectivity index (χ0n) is 14.8. The van der Waals surface area contributed by atoms with Gasteiger partial charge in [0.25, 0.3) is 0 Å². The van der Waals surface area contributed by atoms with Crippen molar-refractivity contribution in [2.24, 2.45) is 0 Å². The van der Waals surface area contributed by atoms with Gasteiger partial charge in [-0.25, -0.2) is 4.79 Å². The van der Waals surface area contributed by atoms with Crippen molar-refractivity contribution in [2.45, 2.75) is 46.3 Å². The smallest absolute Gasteiger partial charge is 0.407 e. The van der Waals surface area contributed by atoms with E-state index in [0.29, 0.717) is 6.54 Å².